The molecule has 0 unspecified atom stereocenters. The normalized spacial score (nSPS) is 12.4. The summed E-state index contributed by atoms with van der Waals surface area (Å²) < 4.78 is 31.7. The van der Waals surface area contributed by atoms with E-state index in [1.807, 2.05) is 30.0 Å². The number of carboxylic acids is 1. The first-order valence-corrected chi connectivity index (χ1v) is 12.5. The quantitative estimate of drug-likeness (QED) is 0.288. The molecule has 3 aromatic carbocycles. The number of aliphatic carboxylic acids is 1. The number of nitrogens with zero attached hydrogens (tertiary/aromatic N) is 3. The summed E-state index contributed by atoms with van der Waals surface area (Å²) in [5.74, 6) is -2.76. The van der Waals surface area contributed by atoms with Gasteiger partial charge in [-0.05, 0) is 81.2 Å². The van der Waals surface area contributed by atoms with Gasteiger partial charge in [-0.15, -0.1) is 0 Å². The van der Waals surface area contributed by atoms with E-state index in [1.54, 1.807) is 0 Å². The van der Waals surface area contributed by atoms with Crippen molar-refractivity contribution in [3.8, 4) is 17.3 Å². The Bertz CT molecular complexity index is 1510. The molecule has 0 bridgehead atoms. The zero-order chi connectivity index (χ0) is 27.4. The van der Waals surface area contributed by atoms with E-state index < -0.39 is 12.1 Å². The Morgan fingerprint density at radius 2 is 1.76 bits per heavy atom. The lowest BCUT2D eigenvalue weighted by Crippen LogP contribution is -2.25. The van der Waals surface area contributed by atoms with Crippen LogP contribution in [0.2, 0.25) is 0 Å². The smallest absolute Gasteiger partial charge is 0.475 e. The average molecular weight is 539 g/mol. The van der Waals surface area contributed by atoms with E-state index >= 15 is 0 Å². The largest absolute Gasteiger partial charge is 0.490 e. The van der Waals surface area contributed by atoms with Crippen molar-refractivity contribution in [3.05, 3.63) is 72.3 Å². The highest BCUT2D eigenvalue weighted by molar-refractivity contribution is 7.99. The van der Waals surface area contributed by atoms with E-state index in [9.17, 15) is 18.4 Å². The molecule has 38 heavy (non-hydrogen) atoms. The molecule has 10 heteroatoms. The summed E-state index contributed by atoms with van der Waals surface area (Å²) in [5, 5.41) is 17.4. The summed E-state index contributed by atoms with van der Waals surface area (Å²) in [6.45, 7) is 2.06. The lowest BCUT2D eigenvalue weighted by atomic mass is 10.1. The molecule has 5 rings (SSSR count). The van der Waals surface area contributed by atoms with Gasteiger partial charge >= 0.3 is 12.1 Å². The van der Waals surface area contributed by atoms with Gasteiger partial charge in [0.1, 0.15) is 0 Å². The molecular formula is C28H25F3N4O2S. The van der Waals surface area contributed by atoms with Gasteiger partial charge in [0.25, 0.3) is 0 Å². The van der Waals surface area contributed by atoms with Gasteiger partial charge in [-0.3, -0.25) is 0 Å². The second-order valence-electron chi connectivity index (χ2n) is 8.96. The van der Waals surface area contributed by atoms with Gasteiger partial charge in [-0.1, -0.05) is 30.0 Å². The second-order valence-corrected chi connectivity index (χ2v) is 10.0. The van der Waals surface area contributed by atoms with Crippen LogP contribution < -0.4 is 4.90 Å². The van der Waals surface area contributed by atoms with Crippen LogP contribution in [-0.2, 0) is 4.79 Å². The van der Waals surface area contributed by atoms with E-state index in [0.717, 1.165) is 41.7 Å². The van der Waals surface area contributed by atoms with Gasteiger partial charge in [0, 0.05) is 32.9 Å². The highest BCUT2D eigenvalue weighted by Crippen LogP contribution is 2.49. The summed E-state index contributed by atoms with van der Waals surface area (Å²) in [6.07, 6.45) is -3.98. The van der Waals surface area contributed by atoms with Crippen molar-refractivity contribution < 1.29 is 23.1 Å². The minimum Gasteiger partial charge on any atom is -0.475 e. The van der Waals surface area contributed by atoms with E-state index in [2.05, 4.69) is 83.5 Å². The summed E-state index contributed by atoms with van der Waals surface area (Å²) in [5.41, 5.74) is 6.54. The van der Waals surface area contributed by atoms with E-state index in [-0.39, 0.29) is 0 Å². The van der Waals surface area contributed by atoms with Crippen LogP contribution in [0.3, 0.4) is 0 Å². The van der Waals surface area contributed by atoms with Gasteiger partial charge in [-0.2, -0.15) is 18.4 Å². The third-order valence-corrected chi connectivity index (χ3v) is 7.03. The molecule has 0 atom stereocenters. The van der Waals surface area contributed by atoms with Crippen molar-refractivity contribution >= 4 is 40.0 Å². The Morgan fingerprint density at radius 1 is 1.05 bits per heavy atom. The molecule has 6 nitrogen and oxygen atoms in total. The highest BCUT2D eigenvalue weighted by Gasteiger charge is 2.38. The number of H-pyrrole nitrogens is 1. The molecule has 0 amide bonds. The Balaban J connectivity index is 0.000000426. The van der Waals surface area contributed by atoms with Crippen LogP contribution in [0, 0.1) is 11.3 Å². The maximum atomic E-state index is 10.6. The van der Waals surface area contributed by atoms with Crippen LogP contribution in [-0.4, -0.2) is 54.3 Å². The van der Waals surface area contributed by atoms with Gasteiger partial charge in [-0.25, -0.2) is 4.79 Å². The molecule has 2 heterocycles. The number of rotatable bonds is 5. The van der Waals surface area contributed by atoms with Crippen LogP contribution in [0.4, 0.5) is 24.5 Å². The lowest BCUT2D eigenvalue weighted by Gasteiger charge is -2.33. The first kappa shape index (κ1) is 27.1. The van der Waals surface area contributed by atoms with E-state index in [4.69, 9.17) is 9.90 Å². The van der Waals surface area contributed by atoms with Crippen LogP contribution in [0.5, 0.6) is 0 Å². The number of anilines is 2. The number of hydrogen-bond donors (Lipinski definition) is 2. The standard InChI is InChI=1S/C26H24N4S.C2HF3O2/c1-29(2)12-5-13-30-23-6-3-4-7-25(23)31-26-16-19(9-11-24(26)30)22-15-20-14-18(17-27)8-10-21(20)28-22;3-2(4,5)1(6)7/h3-4,6-11,14-16,28H,5,12-13H2,1-2H3;(H,6,7). The van der Waals surface area contributed by atoms with Gasteiger partial charge in [0.2, 0.25) is 0 Å². The van der Waals surface area contributed by atoms with Crippen LogP contribution in [0.1, 0.15) is 12.0 Å². The lowest BCUT2D eigenvalue weighted by molar-refractivity contribution is -0.192. The number of halogens is 3. The molecule has 1 aromatic heterocycles. The SMILES string of the molecule is CN(C)CCCN1c2ccccc2Sc2cc(-c3cc4cc(C#N)ccc4[nH]3)ccc21.O=C(O)C(F)(F)F. The van der Waals surface area contributed by atoms with Crippen molar-refractivity contribution in [1.82, 2.24) is 9.88 Å². The third-order valence-electron chi connectivity index (χ3n) is 5.92. The Labute approximate surface area is 222 Å². The van der Waals surface area contributed by atoms with Gasteiger partial charge in [0.15, 0.2) is 0 Å². The highest BCUT2D eigenvalue weighted by atomic mass is 32.2. The minimum absolute atomic E-state index is 0.684. The molecular weight excluding hydrogens is 513 g/mol. The molecule has 1 aliphatic rings. The summed E-state index contributed by atoms with van der Waals surface area (Å²) in [6, 6.07) is 25.5. The monoisotopic (exact) mass is 538 g/mol. The van der Waals surface area contributed by atoms with Crippen LogP contribution in [0.15, 0.2) is 76.5 Å². The van der Waals surface area contributed by atoms with Gasteiger partial charge < -0.3 is 19.9 Å². The zero-order valence-corrected chi connectivity index (χ0v) is 21.5. The minimum atomic E-state index is -5.08. The molecule has 0 saturated heterocycles. The number of nitriles is 1. The average Bonchev–Trinajstić information content (AvgIpc) is 3.31. The Kier molecular flexibility index (Phi) is 7.99. The first-order chi connectivity index (χ1) is 18.1. The molecule has 196 valence electrons. The number of carboxylic acid groups (broad SMARTS) is 1. The number of benzene rings is 3. The molecule has 1 aliphatic heterocycles. The number of aromatic amines is 1. The molecule has 4 aromatic rings. The van der Waals surface area contributed by atoms with E-state index in [0.29, 0.717) is 5.56 Å². The fourth-order valence-electron chi connectivity index (χ4n) is 4.14. The van der Waals surface area contributed by atoms with Crippen molar-refractivity contribution in [2.24, 2.45) is 0 Å². The zero-order valence-electron chi connectivity index (χ0n) is 20.7. The van der Waals surface area contributed by atoms with Crippen LogP contribution in [0.25, 0.3) is 22.2 Å². The molecule has 2 N–H and O–H groups in total. The summed E-state index contributed by atoms with van der Waals surface area (Å²) >= 11 is 1.84. The molecule has 0 fully saturated rings. The number of carbonyl (C=O) groups is 1. The topological polar surface area (TPSA) is 83.4 Å². The van der Waals surface area contributed by atoms with Crippen molar-refractivity contribution in [3.63, 3.8) is 0 Å². The molecule has 0 radical (unpaired) electrons. The maximum Gasteiger partial charge on any atom is 0.490 e. The summed E-state index contributed by atoms with van der Waals surface area (Å²) in [7, 11) is 4.25. The molecule has 0 aliphatic carbocycles. The maximum absolute atomic E-state index is 10.6. The molecule has 0 saturated carbocycles. The Morgan fingerprint density at radius 3 is 2.45 bits per heavy atom. The summed E-state index contributed by atoms with van der Waals surface area (Å²) in [4.78, 5) is 19.7. The fraction of sp³-hybridized carbons (Fsp3) is 0.214. The second kappa shape index (κ2) is 11.2. The fourth-order valence-corrected chi connectivity index (χ4v) is 5.28. The number of fused-ring (bicyclic) bond motifs is 3. The number of aromatic nitrogens is 1. The number of alkyl halides is 3. The predicted molar refractivity (Wildman–Crippen MR) is 143 cm³/mol. The van der Waals surface area contributed by atoms with Gasteiger partial charge in [0.05, 0.1) is 23.0 Å². The van der Waals surface area contributed by atoms with Crippen molar-refractivity contribution in [2.45, 2.75) is 22.4 Å². The number of hydrogen-bond acceptors (Lipinski definition) is 5. The predicted octanol–water partition coefficient (Wildman–Crippen LogP) is 6.89. The van der Waals surface area contributed by atoms with Crippen molar-refractivity contribution in [1.29, 1.82) is 5.26 Å². The number of para-hydroxylation sites is 1. The number of nitrogens with one attached hydrogen (secondary N) is 1. The van der Waals surface area contributed by atoms with Crippen LogP contribution >= 0.6 is 11.8 Å². The van der Waals surface area contributed by atoms with E-state index in [1.165, 1.54) is 21.2 Å². The molecule has 0 spiro atoms. The third kappa shape index (κ3) is 6.13. The van der Waals surface area contributed by atoms with Crippen molar-refractivity contribution in [2.75, 3.05) is 32.1 Å². The Hall–Kier alpha value is -3.94. The first-order valence-electron chi connectivity index (χ1n) is 11.7.